The van der Waals surface area contributed by atoms with Crippen LogP contribution in [0, 0.1) is 26.7 Å². The van der Waals surface area contributed by atoms with Gasteiger partial charge in [0.15, 0.2) is 0 Å². The van der Waals surface area contributed by atoms with E-state index in [4.69, 9.17) is 4.74 Å². The zero-order chi connectivity index (χ0) is 25.3. The molecule has 1 N–H and O–H groups in total. The van der Waals surface area contributed by atoms with E-state index < -0.39 is 17.7 Å². The molecule has 0 saturated carbocycles. The number of carbonyl (C=O) groups is 2. The van der Waals surface area contributed by atoms with Gasteiger partial charge in [0.2, 0.25) is 0 Å². The molecule has 180 valence electrons. The van der Waals surface area contributed by atoms with E-state index in [1.807, 2.05) is 69.3 Å². The Hall–Kier alpha value is -3.86. The van der Waals surface area contributed by atoms with Crippen molar-refractivity contribution in [3.8, 4) is 5.75 Å². The molecule has 1 amide bonds. The monoisotopic (exact) mass is 469 g/mol. The molecule has 0 aromatic heterocycles. The molecule has 0 spiro atoms. The van der Waals surface area contributed by atoms with Gasteiger partial charge in [0.1, 0.15) is 11.5 Å². The van der Waals surface area contributed by atoms with E-state index in [9.17, 15) is 14.7 Å². The van der Waals surface area contributed by atoms with E-state index in [1.54, 1.807) is 18.2 Å². The smallest absolute Gasteiger partial charge is 0.300 e. The molecule has 35 heavy (non-hydrogen) atoms. The molecule has 4 rings (SSSR count). The van der Waals surface area contributed by atoms with Crippen LogP contribution >= 0.6 is 0 Å². The van der Waals surface area contributed by atoms with E-state index in [0.717, 1.165) is 28.0 Å². The average Bonchev–Trinajstić information content (AvgIpc) is 3.09. The molecule has 1 fully saturated rings. The molecule has 5 nitrogen and oxygen atoms in total. The topological polar surface area (TPSA) is 66.8 Å². The minimum absolute atomic E-state index is 0.0834. The van der Waals surface area contributed by atoms with Gasteiger partial charge in [0, 0.05) is 11.3 Å². The van der Waals surface area contributed by atoms with Crippen molar-refractivity contribution in [2.75, 3.05) is 11.5 Å². The molecule has 1 aliphatic heterocycles. The highest BCUT2D eigenvalue weighted by atomic mass is 16.5. The predicted molar refractivity (Wildman–Crippen MR) is 139 cm³/mol. The maximum Gasteiger partial charge on any atom is 0.300 e. The van der Waals surface area contributed by atoms with E-state index in [-0.39, 0.29) is 11.3 Å². The lowest BCUT2D eigenvalue weighted by Crippen LogP contribution is -2.29. The number of benzene rings is 3. The Bertz CT molecular complexity index is 1300. The predicted octanol–water partition coefficient (Wildman–Crippen LogP) is 6.27. The summed E-state index contributed by atoms with van der Waals surface area (Å²) < 4.78 is 5.86. The van der Waals surface area contributed by atoms with Crippen LogP contribution in [-0.4, -0.2) is 23.4 Å². The van der Waals surface area contributed by atoms with Crippen molar-refractivity contribution in [1.29, 1.82) is 0 Å². The van der Waals surface area contributed by atoms with Crippen molar-refractivity contribution in [1.82, 2.24) is 0 Å². The molecule has 1 aliphatic rings. The molecular formula is C30H31NO4. The molecule has 5 heteroatoms. The van der Waals surface area contributed by atoms with Crippen molar-refractivity contribution < 1.29 is 19.4 Å². The van der Waals surface area contributed by atoms with Crippen LogP contribution in [0.1, 0.15) is 47.7 Å². The fraction of sp³-hybridized carbons (Fsp3) is 0.267. The molecule has 1 atom stereocenters. The number of aryl methyl sites for hydroxylation is 3. The van der Waals surface area contributed by atoms with E-state index in [2.05, 4.69) is 13.8 Å². The van der Waals surface area contributed by atoms with Crippen LogP contribution in [0.25, 0.3) is 5.76 Å². The molecular weight excluding hydrogens is 438 g/mol. The maximum atomic E-state index is 13.4. The highest BCUT2D eigenvalue weighted by molar-refractivity contribution is 6.51. The van der Waals surface area contributed by atoms with Crippen molar-refractivity contribution in [3.63, 3.8) is 0 Å². The van der Waals surface area contributed by atoms with Gasteiger partial charge in [-0.3, -0.25) is 14.5 Å². The highest BCUT2D eigenvalue weighted by Crippen LogP contribution is 2.43. The van der Waals surface area contributed by atoms with Crippen molar-refractivity contribution >= 4 is 23.1 Å². The molecule has 3 aromatic carbocycles. The Labute approximate surface area is 206 Å². The molecule has 3 aromatic rings. The summed E-state index contributed by atoms with van der Waals surface area (Å²) in [6.07, 6.45) is 0. The number of amides is 1. The Kier molecular flexibility index (Phi) is 6.79. The fourth-order valence-electron chi connectivity index (χ4n) is 4.36. The van der Waals surface area contributed by atoms with Gasteiger partial charge in [0.05, 0.1) is 18.2 Å². The van der Waals surface area contributed by atoms with Crippen molar-refractivity contribution in [3.05, 3.63) is 100 Å². The third-order valence-corrected chi connectivity index (χ3v) is 6.26. The summed E-state index contributed by atoms with van der Waals surface area (Å²) in [4.78, 5) is 28.2. The number of ether oxygens (including phenoxy) is 1. The Balaban J connectivity index is 1.86. The Morgan fingerprint density at radius 1 is 0.943 bits per heavy atom. The number of nitrogens with zero attached hydrogens (tertiary/aromatic N) is 1. The number of aliphatic hydroxyl groups excluding tert-OH is 1. The molecule has 1 saturated heterocycles. The minimum Gasteiger partial charge on any atom is -0.507 e. The first-order valence-electron chi connectivity index (χ1n) is 11.9. The van der Waals surface area contributed by atoms with Crippen LogP contribution in [0.3, 0.4) is 0 Å². The molecule has 0 aliphatic carbocycles. The third kappa shape index (κ3) is 4.72. The second-order valence-electron chi connectivity index (χ2n) is 9.55. The molecule has 0 radical (unpaired) electrons. The summed E-state index contributed by atoms with van der Waals surface area (Å²) in [6.45, 7) is 10.5. The van der Waals surface area contributed by atoms with Gasteiger partial charge in [-0.15, -0.1) is 0 Å². The van der Waals surface area contributed by atoms with Gasteiger partial charge in [-0.2, -0.15) is 0 Å². The lowest BCUT2D eigenvalue weighted by Gasteiger charge is -2.26. The summed E-state index contributed by atoms with van der Waals surface area (Å²) >= 11 is 0. The standard InChI is InChI=1S/C30H31NO4/c1-18(2)17-35-25-15-12-22(16-21(25)5)28(32)26-27(24-9-7-6-8-20(24)4)31(30(34)29(26)33)23-13-10-19(3)11-14-23/h6-16,18,27,32H,17H2,1-5H3/b28-26+. The number of rotatable bonds is 6. The van der Waals surface area contributed by atoms with Crippen LogP contribution in [0.2, 0.25) is 0 Å². The molecule has 1 heterocycles. The summed E-state index contributed by atoms with van der Waals surface area (Å²) in [5.74, 6) is -0.434. The number of hydrogen-bond acceptors (Lipinski definition) is 4. The van der Waals surface area contributed by atoms with Gasteiger partial charge < -0.3 is 9.84 Å². The lowest BCUT2D eigenvalue weighted by molar-refractivity contribution is -0.132. The maximum absolute atomic E-state index is 13.4. The normalized spacial score (nSPS) is 17.3. The van der Waals surface area contributed by atoms with Crippen LogP contribution < -0.4 is 9.64 Å². The average molecular weight is 470 g/mol. The summed E-state index contributed by atoms with van der Waals surface area (Å²) in [6, 6.07) is 19.7. The Morgan fingerprint density at radius 2 is 1.63 bits per heavy atom. The summed E-state index contributed by atoms with van der Waals surface area (Å²) in [5.41, 5.74) is 4.78. The first-order chi connectivity index (χ1) is 16.7. The first kappa shape index (κ1) is 24.3. The number of Topliss-reactive ketones (excluding diaryl/α,β-unsaturated/α-hetero) is 1. The van der Waals surface area contributed by atoms with Gasteiger partial charge in [-0.05, 0) is 73.7 Å². The van der Waals surface area contributed by atoms with Crippen molar-refractivity contribution in [2.45, 2.75) is 40.7 Å². The largest absolute Gasteiger partial charge is 0.507 e. The van der Waals surface area contributed by atoms with Crippen LogP contribution in [0.15, 0.2) is 72.3 Å². The Morgan fingerprint density at radius 3 is 2.26 bits per heavy atom. The van der Waals surface area contributed by atoms with E-state index >= 15 is 0 Å². The third-order valence-electron chi connectivity index (χ3n) is 6.26. The lowest BCUT2D eigenvalue weighted by atomic mass is 9.92. The number of hydrogen-bond donors (Lipinski definition) is 1. The van der Waals surface area contributed by atoms with E-state index in [0.29, 0.717) is 23.8 Å². The number of anilines is 1. The zero-order valence-corrected chi connectivity index (χ0v) is 20.8. The zero-order valence-electron chi connectivity index (χ0n) is 20.8. The highest BCUT2D eigenvalue weighted by Gasteiger charge is 2.47. The van der Waals surface area contributed by atoms with Gasteiger partial charge in [-0.25, -0.2) is 0 Å². The first-order valence-corrected chi connectivity index (χ1v) is 11.9. The van der Waals surface area contributed by atoms with Crippen LogP contribution in [0.5, 0.6) is 5.75 Å². The quantitative estimate of drug-likeness (QED) is 0.262. The number of ketones is 1. The van der Waals surface area contributed by atoms with Gasteiger partial charge in [-0.1, -0.05) is 55.8 Å². The van der Waals surface area contributed by atoms with Crippen LogP contribution in [0.4, 0.5) is 5.69 Å². The molecule has 0 bridgehead atoms. The fourth-order valence-corrected chi connectivity index (χ4v) is 4.36. The second kappa shape index (κ2) is 9.79. The van der Waals surface area contributed by atoms with Crippen molar-refractivity contribution in [2.24, 2.45) is 5.92 Å². The van der Waals surface area contributed by atoms with Gasteiger partial charge >= 0.3 is 0 Å². The minimum atomic E-state index is -0.740. The SMILES string of the molecule is Cc1ccc(N2C(=O)C(=O)/C(=C(/O)c3ccc(OCC(C)C)c(C)c3)C2c2ccccc2C)cc1. The van der Waals surface area contributed by atoms with E-state index in [1.165, 1.54) is 4.90 Å². The number of aliphatic hydroxyl groups is 1. The van der Waals surface area contributed by atoms with Gasteiger partial charge in [0.25, 0.3) is 11.7 Å². The summed E-state index contributed by atoms with van der Waals surface area (Å²) in [5, 5.41) is 11.4. The molecule has 1 unspecified atom stereocenters. The van der Waals surface area contributed by atoms with Crippen LogP contribution in [-0.2, 0) is 9.59 Å². The number of carbonyl (C=O) groups excluding carboxylic acids is 2. The second-order valence-corrected chi connectivity index (χ2v) is 9.55. The summed E-state index contributed by atoms with van der Waals surface area (Å²) in [7, 11) is 0.